The van der Waals surface area contributed by atoms with Crippen molar-refractivity contribution in [3.05, 3.63) is 29.8 Å². The van der Waals surface area contributed by atoms with Crippen molar-refractivity contribution in [2.24, 2.45) is 0 Å². The van der Waals surface area contributed by atoms with Crippen molar-refractivity contribution >= 4 is 6.03 Å². The van der Waals surface area contributed by atoms with Crippen LogP contribution in [0.1, 0.15) is 45.2 Å². The maximum absolute atomic E-state index is 12.2. The van der Waals surface area contributed by atoms with Crippen LogP contribution >= 0.6 is 0 Å². The number of ether oxygens (including phenoxy) is 1. The Labute approximate surface area is 132 Å². The lowest BCUT2D eigenvalue weighted by molar-refractivity contribution is 0.0930. The van der Waals surface area contributed by atoms with Gasteiger partial charge in [0.15, 0.2) is 0 Å². The van der Waals surface area contributed by atoms with E-state index in [9.17, 15) is 9.90 Å². The summed E-state index contributed by atoms with van der Waals surface area (Å²) in [5.41, 5.74) is 1.04. The molecule has 0 aromatic heterocycles. The smallest absolute Gasteiger partial charge is 0.317 e. The van der Waals surface area contributed by atoms with Crippen molar-refractivity contribution in [1.82, 2.24) is 10.2 Å². The highest BCUT2D eigenvalue weighted by atomic mass is 16.5. The van der Waals surface area contributed by atoms with Gasteiger partial charge in [-0.1, -0.05) is 12.1 Å². The fourth-order valence-corrected chi connectivity index (χ4v) is 2.54. The highest BCUT2D eigenvalue weighted by molar-refractivity contribution is 5.74. The number of piperidine rings is 1. The van der Waals surface area contributed by atoms with E-state index in [1.165, 1.54) is 0 Å². The van der Waals surface area contributed by atoms with E-state index < -0.39 is 0 Å². The van der Waals surface area contributed by atoms with Gasteiger partial charge < -0.3 is 20.1 Å². The zero-order valence-electron chi connectivity index (χ0n) is 13.6. The Hall–Kier alpha value is -1.75. The number of likely N-dealkylation sites (tertiary alicyclic amines) is 1. The molecular weight excluding hydrogens is 280 g/mol. The third kappa shape index (κ3) is 4.63. The third-order valence-corrected chi connectivity index (χ3v) is 3.84. The summed E-state index contributed by atoms with van der Waals surface area (Å²) in [5.74, 6) is 0.835. The fraction of sp³-hybridized carbons (Fsp3) is 0.588. The first-order valence-corrected chi connectivity index (χ1v) is 7.96. The molecular formula is C17H26N2O3. The number of amides is 2. The summed E-state index contributed by atoms with van der Waals surface area (Å²) < 4.78 is 5.62. The molecule has 1 heterocycles. The molecule has 2 N–H and O–H groups in total. The monoisotopic (exact) mass is 306 g/mol. The second kappa shape index (κ2) is 7.49. The summed E-state index contributed by atoms with van der Waals surface area (Å²) in [7, 11) is 0. The number of carbonyl (C=O) groups is 1. The topological polar surface area (TPSA) is 61.8 Å². The van der Waals surface area contributed by atoms with Gasteiger partial charge in [0.2, 0.25) is 0 Å². The fourth-order valence-electron chi connectivity index (χ4n) is 2.54. The number of aliphatic hydroxyl groups is 1. The highest BCUT2D eigenvalue weighted by Crippen LogP contribution is 2.19. The molecule has 0 aliphatic carbocycles. The van der Waals surface area contributed by atoms with Crippen molar-refractivity contribution in [2.45, 2.75) is 51.9 Å². The summed E-state index contributed by atoms with van der Waals surface area (Å²) >= 11 is 0. The molecule has 22 heavy (non-hydrogen) atoms. The minimum Gasteiger partial charge on any atom is -0.491 e. The van der Waals surface area contributed by atoms with Crippen molar-refractivity contribution in [3.63, 3.8) is 0 Å². The molecule has 1 unspecified atom stereocenters. The summed E-state index contributed by atoms with van der Waals surface area (Å²) in [5, 5.41) is 12.5. The van der Waals surface area contributed by atoms with E-state index in [1.54, 1.807) is 4.90 Å². The number of aliphatic hydroxyl groups excluding tert-OH is 1. The van der Waals surface area contributed by atoms with Crippen molar-refractivity contribution < 1.29 is 14.6 Å². The Morgan fingerprint density at radius 1 is 1.23 bits per heavy atom. The maximum Gasteiger partial charge on any atom is 0.317 e. The first-order chi connectivity index (χ1) is 10.5. The number of rotatable bonds is 4. The standard InChI is InChI=1S/C17H26N2O3/c1-12(2)22-16-6-4-14(5-7-16)13(3)18-17(21)19-10-8-15(20)9-11-19/h4-7,12-13,15,20H,8-11H2,1-3H3,(H,18,21). The Balaban J connectivity index is 1.88. The summed E-state index contributed by atoms with van der Waals surface area (Å²) in [6.07, 6.45) is 1.19. The van der Waals surface area contributed by atoms with E-state index in [1.807, 2.05) is 45.0 Å². The average Bonchev–Trinajstić information content (AvgIpc) is 2.48. The van der Waals surface area contributed by atoms with E-state index in [4.69, 9.17) is 4.74 Å². The van der Waals surface area contributed by atoms with E-state index in [0.717, 1.165) is 11.3 Å². The van der Waals surface area contributed by atoms with Crippen LogP contribution in [0.5, 0.6) is 5.75 Å². The minimum absolute atomic E-state index is 0.0625. The first kappa shape index (κ1) is 16.6. The van der Waals surface area contributed by atoms with E-state index >= 15 is 0 Å². The number of urea groups is 1. The largest absolute Gasteiger partial charge is 0.491 e. The lowest BCUT2D eigenvalue weighted by Gasteiger charge is -2.30. The van der Waals surface area contributed by atoms with Gasteiger partial charge in [0.1, 0.15) is 5.75 Å². The van der Waals surface area contributed by atoms with Crippen LogP contribution in [-0.4, -0.2) is 41.3 Å². The van der Waals surface area contributed by atoms with E-state index in [2.05, 4.69) is 5.32 Å². The lowest BCUT2D eigenvalue weighted by Crippen LogP contribution is -2.46. The molecule has 2 rings (SSSR count). The average molecular weight is 306 g/mol. The number of nitrogens with one attached hydrogen (secondary N) is 1. The molecule has 5 heteroatoms. The molecule has 1 atom stereocenters. The first-order valence-electron chi connectivity index (χ1n) is 7.96. The molecule has 0 bridgehead atoms. The molecule has 1 aromatic carbocycles. The SMILES string of the molecule is CC(C)Oc1ccc(C(C)NC(=O)N2CCC(O)CC2)cc1. The van der Waals surface area contributed by atoms with Crippen LogP contribution < -0.4 is 10.1 Å². The molecule has 122 valence electrons. The Kier molecular flexibility index (Phi) is 5.66. The summed E-state index contributed by atoms with van der Waals surface area (Å²) in [6, 6.07) is 7.67. The van der Waals surface area contributed by atoms with Gasteiger partial charge in [-0.25, -0.2) is 4.79 Å². The molecule has 1 fully saturated rings. The quantitative estimate of drug-likeness (QED) is 0.899. The number of hydrogen-bond acceptors (Lipinski definition) is 3. The van der Waals surface area contributed by atoms with E-state index in [0.29, 0.717) is 25.9 Å². The van der Waals surface area contributed by atoms with Gasteiger partial charge in [-0.3, -0.25) is 0 Å². The molecule has 1 aliphatic heterocycles. The van der Waals surface area contributed by atoms with Gasteiger partial charge in [0.05, 0.1) is 18.2 Å². The lowest BCUT2D eigenvalue weighted by atomic mass is 10.1. The predicted molar refractivity (Wildman–Crippen MR) is 86.0 cm³/mol. The second-order valence-corrected chi connectivity index (χ2v) is 6.13. The van der Waals surface area contributed by atoms with Crippen LogP contribution in [-0.2, 0) is 0 Å². The molecule has 0 saturated carbocycles. The van der Waals surface area contributed by atoms with Crippen molar-refractivity contribution in [1.29, 1.82) is 0 Å². The van der Waals surface area contributed by atoms with Crippen LogP contribution in [0, 0.1) is 0 Å². The van der Waals surface area contributed by atoms with Crippen LogP contribution in [0.4, 0.5) is 4.79 Å². The molecule has 1 aliphatic rings. The Bertz CT molecular complexity index is 479. The molecule has 5 nitrogen and oxygen atoms in total. The van der Waals surface area contributed by atoms with Gasteiger partial charge in [-0.2, -0.15) is 0 Å². The van der Waals surface area contributed by atoms with Crippen molar-refractivity contribution in [3.8, 4) is 5.75 Å². The van der Waals surface area contributed by atoms with Crippen LogP contribution in [0.2, 0.25) is 0 Å². The zero-order valence-corrected chi connectivity index (χ0v) is 13.6. The van der Waals surface area contributed by atoms with Crippen LogP contribution in [0.25, 0.3) is 0 Å². The Morgan fingerprint density at radius 3 is 2.36 bits per heavy atom. The highest BCUT2D eigenvalue weighted by Gasteiger charge is 2.22. The van der Waals surface area contributed by atoms with E-state index in [-0.39, 0.29) is 24.3 Å². The molecule has 0 radical (unpaired) electrons. The molecule has 0 spiro atoms. The molecule has 2 amide bonds. The van der Waals surface area contributed by atoms with Gasteiger partial charge in [0.25, 0.3) is 0 Å². The normalized spacial score (nSPS) is 17.4. The van der Waals surface area contributed by atoms with Crippen molar-refractivity contribution in [2.75, 3.05) is 13.1 Å². The van der Waals surface area contributed by atoms with Gasteiger partial charge in [-0.05, 0) is 51.3 Å². The van der Waals surface area contributed by atoms with Gasteiger partial charge in [-0.15, -0.1) is 0 Å². The number of benzene rings is 1. The predicted octanol–water partition coefficient (Wildman–Crippen LogP) is 2.70. The third-order valence-electron chi connectivity index (χ3n) is 3.84. The maximum atomic E-state index is 12.2. The number of hydrogen-bond donors (Lipinski definition) is 2. The summed E-state index contributed by atoms with van der Waals surface area (Å²) in [4.78, 5) is 14.0. The second-order valence-electron chi connectivity index (χ2n) is 6.13. The zero-order chi connectivity index (χ0) is 16.1. The number of nitrogens with zero attached hydrogens (tertiary/aromatic N) is 1. The number of carbonyl (C=O) groups excluding carboxylic acids is 1. The van der Waals surface area contributed by atoms with Gasteiger partial charge in [0, 0.05) is 13.1 Å². The van der Waals surface area contributed by atoms with Crippen LogP contribution in [0.3, 0.4) is 0 Å². The summed E-state index contributed by atoms with van der Waals surface area (Å²) in [6.45, 7) is 7.18. The van der Waals surface area contributed by atoms with Gasteiger partial charge >= 0.3 is 6.03 Å². The Morgan fingerprint density at radius 2 is 1.82 bits per heavy atom. The van der Waals surface area contributed by atoms with Crippen LogP contribution in [0.15, 0.2) is 24.3 Å². The molecule has 1 saturated heterocycles. The minimum atomic E-state index is -0.269. The molecule has 1 aromatic rings.